The van der Waals surface area contributed by atoms with E-state index in [1.54, 1.807) is 0 Å². The Balaban J connectivity index is 1.59. The second-order valence-electron chi connectivity index (χ2n) is 5.87. The van der Waals surface area contributed by atoms with E-state index in [2.05, 4.69) is 60.7 Å². The summed E-state index contributed by atoms with van der Waals surface area (Å²) < 4.78 is 5.38. The minimum atomic E-state index is 0.0388. The molecule has 0 fully saturated rings. The summed E-state index contributed by atoms with van der Waals surface area (Å²) in [5.41, 5.74) is 5.22. The molecule has 2 heteroatoms. The Morgan fingerprint density at radius 3 is 1.54 bits per heavy atom. The van der Waals surface area contributed by atoms with Gasteiger partial charge < -0.3 is 9.84 Å². The van der Waals surface area contributed by atoms with Crippen molar-refractivity contribution in [1.29, 1.82) is 0 Å². The van der Waals surface area contributed by atoms with Crippen LogP contribution in [0.5, 0.6) is 5.75 Å². The zero-order valence-electron chi connectivity index (χ0n) is 13.7. The van der Waals surface area contributed by atoms with E-state index in [1.165, 1.54) is 22.3 Å². The van der Waals surface area contributed by atoms with Gasteiger partial charge in [0.15, 0.2) is 0 Å². The van der Waals surface area contributed by atoms with E-state index < -0.39 is 0 Å². The Kier molecular flexibility index (Phi) is 5.65. The third-order valence-corrected chi connectivity index (χ3v) is 3.97. The van der Waals surface area contributed by atoms with Gasteiger partial charge in [0.2, 0.25) is 0 Å². The van der Waals surface area contributed by atoms with Crippen molar-refractivity contribution in [2.24, 2.45) is 0 Å². The van der Waals surface area contributed by atoms with Crippen LogP contribution in [0.3, 0.4) is 0 Å². The fraction of sp³-hybridized carbons (Fsp3) is 0.182. The van der Waals surface area contributed by atoms with Crippen molar-refractivity contribution in [2.75, 3.05) is 13.2 Å². The number of hydrogen-bond donors (Lipinski definition) is 1. The van der Waals surface area contributed by atoms with Gasteiger partial charge in [0.1, 0.15) is 12.4 Å². The van der Waals surface area contributed by atoms with Crippen molar-refractivity contribution in [3.63, 3.8) is 0 Å². The highest BCUT2D eigenvalue weighted by Crippen LogP contribution is 2.17. The van der Waals surface area contributed by atoms with Crippen LogP contribution >= 0.6 is 0 Å². The minimum Gasteiger partial charge on any atom is -0.491 e. The molecule has 0 saturated heterocycles. The number of aliphatic hydroxyl groups excluding tert-OH is 1. The Hall–Kier alpha value is -2.58. The molecule has 0 heterocycles. The molecule has 0 radical (unpaired) electrons. The number of hydrogen-bond acceptors (Lipinski definition) is 2. The van der Waals surface area contributed by atoms with Crippen molar-refractivity contribution in [1.82, 2.24) is 0 Å². The Bertz CT molecular complexity index is 731. The summed E-state index contributed by atoms with van der Waals surface area (Å²) in [4.78, 5) is 0. The first-order chi connectivity index (χ1) is 11.8. The molecule has 3 aromatic carbocycles. The summed E-state index contributed by atoms with van der Waals surface area (Å²) in [7, 11) is 0. The highest BCUT2D eigenvalue weighted by Gasteiger charge is 2.00. The monoisotopic (exact) mass is 318 g/mol. The van der Waals surface area contributed by atoms with Gasteiger partial charge in [-0.2, -0.15) is 0 Å². The summed E-state index contributed by atoms with van der Waals surface area (Å²) in [5, 5.41) is 8.77. The van der Waals surface area contributed by atoms with Crippen molar-refractivity contribution >= 4 is 0 Å². The summed E-state index contributed by atoms with van der Waals surface area (Å²) in [6.45, 7) is 0.374. The summed E-state index contributed by atoms with van der Waals surface area (Å²) >= 11 is 0. The normalized spacial score (nSPS) is 10.5. The minimum absolute atomic E-state index is 0.0388. The maximum absolute atomic E-state index is 8.77. The molecule has 0 bridgehead atoms. The van der Waals surface area contributed by atoms with Gasteiger partial charge in [0.25, 0.3) is 0 Å². The summed E-state index contributed by atoms with van der Waals surface area (Å²) in [6.07, 6.45) is 1.88. The quantitative estimate of drug-likeness (QED) is 0.706. The third-order valence-electron chi connectivity index (χ3n) is 3.97. The molecule has 0 aliphatic heterocycles. The molecule has 1 N–H and O–H groups in total. The molecular formula is C22H22O2. The molecule has 0 saturated carbocycles. The lowest BCUT2D eigenvalue weighted by molar-refractivity contribution is 0.201. The molecule has 0 unspecified atom stereocenters. The van der Waals surface area contributed by atoms with Gasteiger partial charge in [-0.25, -0.2) is 0 Å². The van der Waals surface area contributed by atoms with Gasteiger partial charge in [-0.1, -0.05) is 66.7 Å². The van der Waals surface area contributed by atoms with Crippen LogP contribution in [-0.4, -0.2) is 18.3 Å². The topological polar surface area (TPSA) is 29.5 Å². The van der Waals surface area contributed by atoms with E-state index in [0.717, 1.165) is 18.6 Å². The van der Waals surface area contributed by atoms with E-state index in [9.17, 15) is 0 Å². The van der Waals surface area contributed by atoms with Gasteiger partial charge in [-0.3, -0.25) is 0 Å². The van der Waals surface area contributed by atoms with E-state index >= 15 is 0 Å². The maximum atomic E-state index is 8.77. The van der Waals surface area contributed by atoms with Crippen LogP contribution in [0.2, 0.25) is 0 Å². The third kappa shape index (κ3) is 4.71. The van der Waals surface area contributed by atoms with Crippen LogP contribution in [0.25, 0.3) is 0 Å². The van der Waals surface area contributed by atoms with Crippen molar-refractivity contribution < 1.29 is 9.84 Å². The lowest BCUT2D eigenvalue weighted by Gasteiger charge is -2.07. The zero-order chi connectivity index (χ0) is 16.6. The maximum Gasteiger partial charge on any atom is 0.119 e. The van der Waals surface area contributed by atoms with Crippen LogP contribution in [-0.2, 0) is 12.8 Å². The first-order valence-corrected chi connectivity index (χ1v) is 8.28. The fourth-order valence-corrected chi connectivity index (χ4v) is 2.71. The molecule has 2 nitrogen and oxygen atoms in total. The molecule has 0 aliphatic rings. The lowest BCUT2D eigenvalue weighted by atomic mass is 10.0. The Morgan fingerprint density at radius 2 is 1.04 bits per heavy atom. The number of rotatable bonds is 7. The summed E-state index contributed by atoms with van der Waals surface area (Å²) in [5.74, 6) is 0.797. The van der Waals surface area contributed by atoms with Gasteiger partial charge in [-0.05, 0) is 47.2 Å². The number of benzene rings is 3. The summed E-state index contributed by atoms with van der Waals surface area (Å²) in [6, 6.07) is 27.4. The molecule has 0 aliphatic carbocycles. The molecule has 0 aromatic heterocycles. The smallest absolute Gasteiger partial charge is 0.119 e. The molecule has 0 atom stereocenters. The number of aliphatic hydroxyl groups is 1. The Labute approximate surface area is 143 Å². The molecule has 0 spiro atoms. The standard InChI is InChI=1S/C22H22O2/c23-14-15-24-22-12-10-21(11-13-22)17-20-8-6-19(7-9-20)16-18-4-2-1-3-5-18/h1-13,23H,14-17H2. The lowest BCUT2D eigenvalue weighted by Crippen LogP contribution is -2.01. The van der Waals surface area contributed by atoms with Gasteiger partial charge >= 0.3 is 0 Å². The van der Waals surface area contributed by atoms with E-state index in [4.69, 9.17) is 9.84 Å². The van der Waals surface area contributed by atoms with Crippen molar-refractivity contribution in [2.45, 2.75) is 12.8 Å². The fourth-order valence-electron chi connectivity index (χ4n) is 2.71. The highest BCUT2D eigenvalue weighted by atomic mass is 16.5. The molecular weight excluding hydrogens is 296 g/mol. The van der Waals surface area contributed by atoms with Crippen LogP contribution < -0.4 is 4.74 Å². The van der Waals surface area contributed by atoms with E-state index in [1.807, 2.05) is 18.2 Å². The van der Waals surface area contributed by atoms with Crippen molar-refractivity contribution in [3.8, 4) is 5.75 Å². The number of ether oxygens (including phenoxy) is 1. The average Bonchev–Trinajstić information content (AvgIpc) is 2.64. The van der Waals surface area contributed by atoms with Crippen molar-refractivity contribution in [3.05, 3.63) is 101 Å². The van der Waals surface area contributed by atoms with E-state index in [-0.39, 0.29) is 6.61 Å². The molecule has 0 amide bonds. The van der Waals surface area contributed by atoms with Gasteiger partial charge in [0.05, 0.1) is 6.61 Å². The zero-order valence-corrected chi connectivity index (χ0v) is 13.7. The first-order valence-electron chi connectivity index (χ1n) is 8.28. The van der Waals surface area contributed by atoms with Crippen LogP contribution in [0, 0.1) is 0 Å². The van der Waals surface area contributed by atoms with Gasteiger partial charge in [-0.15, -0.1) is 0 Å². The molecule has 3 aromatic rings. The van der Waals surface area contributed by atoms with Crippen LogP contribution in [0.1, 0.15) is 22.3 Å². The average molecular weight is 318 g/mol. The molecule has 122 valence electrons. The highest BCUT2D eigenvalue weighted by molar-refractivity contribution is 5.34. The van der Waals surface area contributed by atoms with Crippen LogP contribution in [0.4, 0.5) is 0 Å². The van der Waals surface area contributed by atoms with Crippen LogP contribution in [0.15, 0.2) is 78.9 Å². The SMILES string of the molecule is OCCOc1ccc(Cc2ccc(Cc3ccccc3)cc2)cc1. The predicted molar refractivity (Wildman–Crippen MR) is 97.5 cm³/mol. The Morgan fingerprint density at radius 1 is 0.583 bits per heavy atom. The molecule has 3 rings (SSSR count). The molecule has 24 heavy (non-hydrogen) atoms. The second-order valence-corrected chi connectivity index (χ2v) is 5.87. The van der Waals surface area contributed by atoms with E-state index in [0.29, 0.717) is 6.61 Å². The predicted octanol–water partition coefficient (Wildman–Crippen LogP) is 4.24. The second kappa shape index (κ2) is 8.32. The first kappa shape index (κ1) is 16.3. The van der Waals surface area contributed by atoms with Gasteiger partial charge in [0, 0.05) is 0 Å². The largest absolute Gasteiger partial charge is 0.491 e.